The fourth-order valence-corrected chi connectivity index (χ4v) is 2.44. The molecule has 0 N–H and O–H groups in total. The van der Waals surface area contributed by atoms with Crippen molar-refractivity contribution in [3.05, 3.63) is 90.0 Å². The molecule has 0 bridgehead atoms. The molecule has 0 spiro atoms. The minimum absolute atomic E-state index is 0.0233. The Kier molecular flexibility index (Phi) is 5.93. The molecule has 2 rings (SSSR count). The van der Waals surface area contributed by atoms with Crippen molar-refractivity contribution in [1.82, 2.24) is 4.90 Å². The van der Waals surface area contributed by atoms with Crippen LogP contribution in [0, 0.1) is 6.92 Å². The van der Waals surface area contributed by atoms with E-state index in [1.54, 1.807) is 6.08 Å². The summed E-state index contributed by atoms with van der Waals surface area (Å²) in [6, 6.07) is 17.6. The van der Waals surface area contributed by atoms with Crippen molar-refractivity contribution in [3.63, 3.8) is 0 Å². The number of carbonyl (C=O) groups excluding carboxylic acids is 1. The highest BCUT2D eigenvalue weighted by molar-refractivity contribution is 5.94. The average Bonchev–Trinajstić information content (AvgIpc) is 2.59. The summed E-state index contributed by atoms with van der Waals surface area (Å²) in [5.41, 5.74) is 2.96. The molecular formula is C21H23NO. The molecule has 0 aliphatic carbocycles. The second-order valence-electron chi connectivity index (χ2n) is 5.45. The molecule has 0 radical (unpaired) electrons. The first kappa shape index (κ1) is 16.8. The van der Waals surface area contributed by atoms with Gasteiger partial charge in [0, 0.05) is 12.1 Å². The second kappa shape index (κ2) is 8.14. The molecule has 0 fully saturated rings. The van der Waals surface area contributed by atoms with E-state index in [2.05, 4.69) is 6.58 Å². The van der Waals surface area contributed by atoms with Gasteiger partial charge >= 0.3 is 0 Å². The van der Waals surface area contributed by atoms with Gasteiger partial charge in [0.25, 0.3) is 5.91 Å². The second-order valence-corrected chi connectivity index (χ2v) is 5.45. The Morgan fingerprint density at radius 2 is 1.78 bits per heavy atom. The van der Waals surface area contributed by atoms with Crippen LogP contribution in [0.2, 0.25) is 0 Å². The third-order valence-corrected chi connectivity index (χ3v) is 3.79. The largest absolute Gasteiger partial charge is 0.329 e. The smallest absolute Gasteiger partial charge is 0.254 e. The van der Waals surface area contributed by atoms with Gasteiger partial charge < -0.3 is 4.90 Å². The molecule has 2 aromatic carbocycles. The lowest BCUT2D eigenvalue weighted by molar-refractivity contribution is 0.0749. The fraction of sp³-hybridized carbons (Fsp3) is 0.190. The highest BCUT2D eigenvalue weighted by Gasteiger charge is 2.19. The van der Waals surface area contributed by atoms with Crippen molar-refractivity contribution in [2.24, 2.45) is 0 Å². The summed E-state index contributed by atoms with van der Waals surface area (Å²) in [5, 5.41) is 0. The number of aryl methyl sites for hydroxylation is 1. The summed E-state index contributed by atoms with van der Waals surface area (Å²) >= 11 is 0. The van der Waals surface area contributed by atoms with Crippen molar-refractivity contribution in [3.8, 4) is 0 Å². The Bertz CT molecular complexity index is 671. The minimum atomic E-state index is -0.131. The molecule has 0 saturated heterocycles. The van der Waals surface area contributed by atoms with Crippen LogP contribution in [0.25, 0.3) is 6.08 Å². The van der Waals surface area contributed by atoms with Gasteiger partial charge in [-0.25, -0.2) is 0 Å². The highest BCUT2D eigenvalue weighted by Crippen LogP contribution is 2.13. The number of rotatable bonds is 6. The molecule has 23 heavy (non-hydrogen) atoms. The maximum atomic E-state index is 12.7. The van der Waals surface area contributed by atoms with Crippen LogP contribution in [-0.2, 0) is 0 Å². The van der Waals surface area contributed by atoms with E-state index in [0.29, 0.717) is 12.1 Å². The lowest BCUT2D eigenvalue weighted by Gasteiger charge is -2.26. The van der Waals surface area contributed by atoms with Crippen LogP contribution in [0.1, 0.15) is 28.4 Å². The molecule has 118 valence electrons. The number of carbonyl (C=O) groups is 1. The number of amides is 1. The fourth-order valence-electron chi connectivity index (χ4n) is 2.44. The maximum absolute atomic E-state index is 12.7. The predicted molar refractivity (Wildman–Crippen MR) is 97.4 cm³/mol. The van der Waals surface area contributed by atoms with Crippen LogP contribution in [0.4, 0.5) is 0 Å². The number of nitrogens with zero attached hydrogens (tertiary/aromatic N) is 1. The molecule has 0 aliphatic rings. The van der Waals surface area contributed by atoms with E-state index in [9.17, 15) is 4.79 Å². The van der Waals surface area contributed by atoms with Crippen LogP contribution in [0.3, 0.4) is 0 Å². The summed E-state index contributed by atoms with van der Waals surface area (Å²) in [4.78, 5) is 14.6. The molecule has 2 nitrogen and oxygen atoms in total. The molecular weight excluding hydrogens is 282 g/mol. The van der Waals surface area contributed by atoms with Gasteiger partial charge in [0.1, 0.15) is 0 Å². The van der Waals surface area contributed by atoms with Gasteiger partial charge in [-0.05, 0) is 31.5 Å². The predicted octanol–water partition coefficient (Wildman–Crippen LogP) is 4.73. The van der Waals surface area contributed by atoms with Gasteiger partial charge in [0.05, 0.1) is 6.04 Å². The monoisotopic (exact) mass is 305 g/mol. The van der Waals surface area contributed by atoms with E-state index in [1.165, 1.54) is 0 Å². The molecule has 1 atom stereocenters. The lowest BCUT2D eigenvalue weighted by Crippen LogP contribution is -2.37. The van der Waals surface area contributed by atoms with Crippen LogP contribution in [0.5, 0.6) is 0 Å². The van der Waals surface area contributed by atoms with Crippen LogP contribution < -0.4 is 0 Å². The quantitative estimate of drug-likeness (QED) is 0.707. The van der Waals surface area contributed by atoms with Crippen molar-refractivity contribution in [2.45, 2.75) is 19.9 Å². The molecule has 0 heterocycles. The van der Waals surface area contributed by atoms with E-state index in [-0.39, 0.29) is 11.9 Å². The van der Waals surface area contributed by atoms with Crippen molar-refractivity contribution < 1.29 is 4.79 Å². The molecule has 0 saturated carbocycles. The van der Waals surface area contributed by atoms with E-state index >= 15 is 0 Å². The Labute approximate surface area is 138 Å². The third kappa shape index (κ3) is 4.43. The highest BCUT2D eigenvalue weighted by atomic mass is 16.2. The van der Waals surface area contributed by atoms with Crippen LogP contribution in [-0.4, -0.2) is 23.4 Å². The van der Waals surface area contributed by atoms with Gasteiger partial charge in [-0.3, -0.25) is 4.79 Å². The lowest BCUT2D eigenvalue weighted by atomic mass is 10.1. The summed E-state index contributed by atoms with van der Waals surface area (Å²) in [7, 11) is 0. The molecule has 2 heteroatoms. The Morgan fingerprint density at radius 1 is 1.13 bits per heavy atom. The standard InChI is InChI=1S/C21H23NO/c1-4-20(16-13-18-9-7-6-8-10-18)22(5-2)21(23)19-14-11-17(3)12-15-19/h4,6-16,20H,1,5H2,2-3H3/b16-13+. The van der Waals surface area contributed by atoms with Gasteiger partial charge in [-0.2, -0.15) is 0 Å². The number of likely N-dealkylation sites (N-methyl/N-ethyl adjacent to an activating group) is 1. The molecule has 1 amide bonds. The van der Waals surface area contributed by atoms with Gasteiger partial charge in [0.2, 0.25) is 0 Å². The number of hydrogen-bond donors (Lipinski definition) is 0. The van der Waals surface area contributed by atoms with Gasteiger partial charge in [-0.1, -0.05) is 66.3 Å². The maximum Gasteiger partial charge on any atom is 0.254 e. The van der Waals surface area contributed by atoms with E-state index in [4.69, 9.17) is 0 Å². The van der Waals surface area contributed by atoms with Gasteiger partial charge in [0.15, 0.2) is 0 Å². The zero-order valence-electron chi connectivity index (χ0n) is 13.8. The zero-order valence-corrected chi connectivity index (χ0v) is 13.8. The van der Waals surface area contributed by atoms with Crippen LogP contribution in [0.15, 0.2) is 73.3 Å². The minimum Gasteiger partial charge on any atom is -0.329 e. The van der Waals surface area contributed by atoms with Crippen LogP contribution >= 0.6 is 0 Å². The summed E-state index contributed by atoms with van der Waals surface area (Å²) in [6.45, 7) is 8.51. The molecule has 0 aromatic heterocycles. The molecule has 0 aliphatic heterocycles. The molecule has 2 aromatic rings. The summed E-state index contributed by atoms with van der Waals surface area (Å²) in [5.74, 6) is 0.0233. The summed E-state index contributed by atoms with van der Waals surface area (Å²) in [6.07, 6.45) is 5.84. The van der Waals surface area contributed by atoms with E-state index in [1.807, 2.05) is 85.5 Å². The summed E-state index contributed by atoms with van der Waals surface area (Å²) < 4.78 is 0. The molecule has 1 unspecified atom stereocenters. The first-order chi connectivity index (χ1) is 11.2. The zero-order chi connectivity index (χ0) is 16.7. The van der Waals surface area contributed by atoms with Crippen molar-refractivity contribution in [1.29, 1.82) is 0 Å². The Morgan fingerprint density at radius 3 is 2.35 bits per heavy atom. The normalized spacial score (nSPS) is 12.1. The average molecular weight is 305 g/mol. The topological polar surface area (TPSA) is 20.3 Å². The van der Waals surface area contributed by atoms with Gasteiger partial charge in [-0.15, -0.1) is 6.58 Å². The number of benzene rings is 2. The first-order valence-corrected chi connectivity index (χ1v) is 7.89. The number of hydrogen-bond acceptors (Lipinski definition) is 1. The SMILES string of the molecule is C=CC(/C=C/c1ccccc1)N(CC)C(=O)c1ccc(C)cc1. The van der Waals surface area contributed by atoms with Crippen molar-refractivity contribution in [2.75, 3.05) is 6.54 Å². The third-order valence-electron chi connectivity index (χ3n) is 3.79. The Balaban J connectivity index is 2.19. The Hall–Kier alpha value is -2.61. The first-order valence-electron chi connectivity index (χ1n) is 7.89. The van der Waals surface area contributed by atoms with Crippen molar-refractivity contribution >= 4 is 12.0 Å². The van der Waals surface area contributed by atoms with E-state index < -0.39 is 0 Å². The van der Waals surface area contributed by atoms with E-state index in [0.717, 1.165) is 11.1 Å².